The van der Waals surface area contributed by atoms with Gasteiger partial charge >= 0.3 is 0 Å². The van der Waals surface area contributed by atoms with Crippen LogP contribution in [-0.2, 0) is 20.6 Å². The minimum absolute atomic E-state index is 0.424. The second-order valence-corrected chi connectivity index (χ2v) is 6.11. The van der Waals surface area contributed by atoms with Crippen LogP contribution in [0.4, 0.5) is 0 Å². The topological polar surface area (TPSA) is 40.2 Å². The monoisotopic (exact) mass is 363 g/mol. The van der Waals surface area contributed by atoms with Crippen molar-refractivity contribution in [2.45, 2.75) is 26.3 Å². The highest BCUT2D eigenvalue weighted by Gasteiger charge is 2.09. The van der Waals surface area contributed by atoms with Crippen LogP contribution < -0.4 is 4.74 Å². The number of ether oxygens (including phenoxy) is 4. The van der Waals surface area contributed by atoms with E-state index in [-0.39, 0.29) is 0 Å². The van der Waals surface area contributed by atoms with Crippen LogP contribution in [0.15, 0.2) is 24.3 Å². The molecule has 146 valence electrons. The molecule has 1 aromatic carbocycles. The van der Waals surface area contributed by atoms with Gasteiger partial charge in [-0.25, -0.2) is 0 Å². The minimum atomic E-state index is 0.424. The average molecular weight is 363 g/mol. The molecule has 26 heavy (non-hydrogen) atoms. The van der Waals surface area contributed by atoms with Crippen molar-refractivity contribution in [1.29, 1.82) is 0 Å². The Balaban J connectivity index is 2.24. The molecule has 0 aliphatic rings. The van der Waals surface area contributed by atoms with Gasteiger partial charge in [-0.2, -0.15) is 0 Å². The molecular weight excluding hydrogens is 330 g/mol. The molecule has 5 heteroatoms. The Morgan fingerprint density at radius 1 is 1.04 bits per heavy atom. The summed E-state index contributed by atoms with van der Waals surface area (Å²) >= 11 is 0. The summed E-state index contributed by atoms with van der Waals surface area (Å²) in [6.07, 6.45) is 0.967. The molecule has 0 bridgehead atoms. The van der Waals surface area contributed by atoms with Crippen molar-refractivity contribution in [1.82, 2.24) is 4.90 Å². The summed E-state index contributed by atoms with van der Waals surface area (Å²) in [5, 5.41) is 0. The summed E-state index contributed by atoms with van der Waals surface area (Å²) in [5.74, 6) is 6.93. The fourth-order valence-electron chi connectivity index (χ4n) is 2.30. The zero-order valence-electron chi connectivity index (χ0n) is 16.6. The molecule has 1 aromatic rings. The van der Waals surface area contributed by atoms with Gasteiger partial charge in [-0.05, 0) is 45.0 Å². The second kappa shape index (κ2) is 14.6. The summed E-state index contributed by atoms with van der Waals surface area (Å²) in [7, 11) is 3.76. The van der Waals surface area contributed by atoms with Crippen molar-refractivity contribution in [2.75, 3.05) is 60.3 Å². The molecule has 5 nitrogen and oxygen atoms in total. The van der Waals surface area contributed by atoms with Crippen LogP contribution in [0.3, 0.4) is 0 Å². The Hall–Kier alpha value is -1.58. The van der Waals surface area contributed by atoms with E-state index in [1.807, 2.05) is 19.1 Å². The SMILES string of the molecule is CC#CCN(C)[C@H](C)Cc1cccc(OCCOCCOCCOC)c1. The Morgan fingerprint density at radius 2 is 1.73 bits per heavy atom. The van der Waals surface area contributed by atoms with Crippen LogP contribution in [0.5, 0.6) is 5.75 Å². The fraction of sp³-hybridized carbons (Fsp3) is 0.619. The first-order valence-electron chi connectivity index (χ1n) is 9.13. The summed E-state index contributed by atoms with van der Waals surface area (Å²) in [4.78, 5) is 2.26. The van der Waals surface area contributed by atoms with E-state index in [1.165, 1.54) is 5.56 Å². The molecule has 0 heterocycles. The molecule has 1 rings (SSSR count). The van der Waals surface area contributed by atoms with E-state index >= 15 is 0 Å². The van der Waals surface area contributed by atoms with E-state index in [0.717, 1.165) is 18.7 Å². The highest BCUT2D eigenvalue weighted by molar-refractivity contribution is 5.29. The lowest BCUT2D eigenvalue weighted by Crippen LogP contribution is -2.31. The van der Waals surface area contributed by atoms with Gasteiger partial charge in [0.25, 0.3) is 0 Å². The standard InChI is InChI=1S/C21H33NO4/c1-5-6-10-22(3)19(2)17-20-8-7-9-21(18-20)26-16-15-25-14-13-24-12-11-23-4/h7-9,18-19H,10-17H2,1-4H3/t19-/m1/s1. The van der Waals surface area contributed by atoms with Gasteiger partial charge in [0.05, 0.1) is 39.6 Å². The molecular formula is C21H33NO4. The van der Waals surface area contributed by atoms with Crippen LogP contribution in [0.25, 0.3) is 0 Å². The van der Waals surface area contributed by atoms with Gasteiger partial charge in [0.2, 0.25) is 0 Å². The predicted molar refractivity (Wildman–Crippen MR) is 105 cm³/mol. The van der Waals surface area contributed by atoms with Gasteiger partial charge in [-0.1, -0.05) is 18.1 Å². The Kier molecular flexibility index (Phi) is 12.6. The van der Waals surface area contributed by atoms with Gasteiger partial charge in [0.1, 0.15) is 12.4 Å². The molecule has 0 aromatic heterocycles. The van der Waals surface area contributed by atoms with E-state index in [0.29, 0.717) is 45.7 Å². The summed E-state index contributed by atoms with van der Waals surface area (Å²) in [5.41, 5.74) is 1.26. The molecule has 0 unspecified atom stereocenters. The summed E-state index contributed by atoms with van der Waals surface area (Å²) in [6.45, 7) is 8.31. The quantitative estimate of drug-likeness (QED) is 0.375. The maximum Gasteiger partial charge on any atom is 0.119 e. The number of hydrogen-bond donors (Lipinski definition) is 0. The zero-order valence-corrected chi connectivity index (χ0v) is 16.6. The van der Waals surface area contributed by atoms with Crippen LogP contribution in [0.1, 0.15) is 19.4 Å². The lowest BCUT2D eigenvalue weighted by Gasteiger charge is -2.22. The summed E-state index contributed by atoms with van der Waals surface area (Å²) in [6, 6.07) is 8.68. The first-order valence-corrected chi connectivity index (χ1v) is 9.13. The van der Waals surface area contributed by atoms with Gasteiger partial charge in [-0.15, -0.1) is 5.92 Å². The van der Waals surface area contributed by atoms with E-state index < -0.39 is 0 Å². The third kappa shape index (κ3) is 10.4. The number of methoxy groups -OCH3 is 1. The molecule has 0 saturated carbocycles. The van der Waals surface area contributed by atoms with Crippen LogP contribution in [0.2, 0.25) is 0 Å². The van der Waals surface area contributed by atoms with Crippen molar-refractivity contribution in [3.63, 3.8) is 0 Å². The van der Waals surface area contributed by atoms with Crippen LogP contribution in [0, 0.1) is 11.8 Å². The van der Waals surface area contributed by atoms with Crippen LogP contribution >= 0.6 is 0 Å². The molecule has 0 fully saturated rings. The lowest BCUT2D eigenvalue weighted by molar-refractivity contribution is 0.0179. The third-order valence-corrected chi connectivity index (χ3v) is 3.99. The maximum atomic E-state index is 5.78. The van der Waals surface area contributed by atoms with Crippen molar-refractivity contribution in [2.24, 2.45) is 0 Å². The van der Waals surface area contributed by atoms with Gasteiger partial charge in [0.15, 0.2) is 0 Å². The number of benzene rings is 1. The molecule has 0 radical (unpaired) electrons. The van der Waals surface area contributed by atoms with Gasteiger partial charge < -0.3 is 18.9 Å². The van der Waals surface area contributed by atoms with Gasteiger partial charge in [-0.3, -0.25) is 4.90 Å². The Bertz CT molecular complexity index is 538. The molecule has 0 aliphatic heterocycles. The Morgan fingerprint density at radius 3 is 2.42 bits per heavy atom. The highest BCUT2D eigenvalue weighted by Crippen LogP contribution is 2.16. The molecule has 0 N–H and O–H groups in total. The van der Waals surface area contributed by atoms with E-state index in [1.54, 1.807) is 7.11 Å². The van der Waals surface area contributed by atoms with Gasteiger partial charge in [0, 0.05) is 13.2 Å². The minimum Gasteiger partial charge on any atom is -0.491 e. The zero-order chi connectivity index (χ0) is 19.0. The van der Waals surface area contributed by atoms with E-state index in [9.17, 15) is 0 Å². The number of rotatable bonds is 14. The second-order valence-electron chi connectivity index (χ2n) is 6.11. The molecule has 0 saturated heterocycles. The van der Waals surface area contributed by atoms with Crippen molar-refractivity contribution >= 4 is 0 Å². The first-order chi connectivity index (χ1) is 12.7. The lowest BCUT2D eigenvalue weighted by atomic mass is 10.1. The molecule has 0 amide bonds. The van der Waals surface area contributed by atoms with Crippen molar-refractivity contribution < 1.29 is 18.9 Å². The number of hydrogen-bond acceptors (Lipinski definition) is 5. The molecule has 0 spiro atoms. The normalized spacial score (nSPS) is 11.9. The van der Waals surface area contributed by atoms with Crippen molar-refractivity contribution in [3.05, 3.63) is 29.8 Å². The predicted octanol–water partition coefficient (Wildman–Crippen LogP) is 2.63. The third-order valence-electron chi connectivity index (χ3n) is 3.99. The number of nitrogens with zero attached hydrogens (tertiary/aromatic N) is 1. The fourth-order valence-corrected chi connectivity index (χ4v) is 2.30. The highest BCUT2D eigenvalue weighted by atomic mass is 16.6. The average Bonchev–Trinajstić information content (AvgIpc) is 2.65. The van der Waals surface area contributed by atoms with E-state index in [4.69, 9.17) is 18.9 Å². The largest absolute Gasteiger partial charge is 0.491 e. The molecule has 1 atom stereocenters. The first kappa shape index (κ1) is 22.5. The number of likely N-dealkylation sites (N-methyl/N-ethyl adjacent to an activating group) is 1. The summed E-state index contributed by atoms with van der Waals surface area (Å²) < 4.78 is 21.5. The van der Waals surface area contributed by atoms with Crippen molar-refractivity contribution in [3.8, 4) is 17.6 Å². The van der Waals surface area contributed by atoms with Crippen LogP contribution in [-0.4, -0.2) is 71.3 Å². The Labute approximate surface area is 158 Å². The maximum absolute atomic E-state index is 5.78. The molecule has 0 aliphatic carbocycles. The smallest absolute Gasteiger partial charge is 0.119 e. The van der Waals surface area contributed by atoms with E-state index in [2.05, 4.69) is 42.8 Å².